The van der Waals surface area contributed by atoms with Gasteiger partial charge in [0.25, 0.3) is 11.8 Å². The Kier molecular flexibility index (Phi) is 9.11. The predicted octanol–water partition coefficient (Wildman–Crippen LogP) is 4.13. The highest BCUT2D eigenvalue weighted by Gasteiger charge is 2.12. The third-order valence-corrected chi connectivity index (χ3v) is 4.46. The van der Waals surface area contributed by atoms with Crippen molar-refractivity contribution in [3.05, 3.63) is 59.7 Å². The molecule has 0 aliphatic rings. The van der Waals surface area contributed by atoms with Gasteiger partial charge in [-0.2, -0.15) is 0 Å². The van der Waals surface area contributed by atoms with Crippen LogP contribution in [0, 0.1) is 0 Å². The molecule has 0 atom stereocenters. The van der Waals surface area contributed by atoms with Gasteiger partial charge in [0.05, 0.1) is 17.9 Å². The molecule has 0 saturated heterocycles. The van der Waals surface area contributed by atoms with Crippen molar-refractivity contribution in [2.24, 2.45) is 0 Å². The summed E-state index contributed by atoms with van der Waals surface area (Å²) in [5, 5.41) is 8.20. The second-order valence-electron chi connectivity index (χ2n) is 6.47. The normalized spacial score (nSPS) is 10.1. The number of unbranched alkanes of at least 4 members (excludes halogenated alkanes) is 3. The number of carbonyl (C=O) groups is 2. The minimum Gasteiger partial charge on any atom is -0.494 e. The van der Waals surface area contributed by atoms with Gasteiger partial charge in [-0.25, -0.2) is 0 Å². The molecule has 0 heterocycles. The molecule has 0 aliphatic heterocycles. The van der Waals surface area contributed by atoms with Crippen LogP contribution in [0.15, 0.2) is 48.5 Å². The zero-order valence-corrected chi connectivity index (χ0v) is 17.6. The number of anilines is 1. The molecule has 3 N–H and O–H groups in total. The zero-order valence-electron chi connectivity index (χ0n) is 16.8. The number of rotatable bonds is 9. The quantitative estimate of drug-likeness (QED) is 0.425. The van der Waals surface area contributed by atoms with Gasteiger partial charge in [-0.05, 0) is 55.0 Å². The summed E-state index contributed by atoms with van der Waals surface area (Å²) >= 11 is 5.21. The highest BCUT2D eigenvalue weighted by atomic mass is 32.1. The summed E-state index contributed by atoms with van der Waals surface area (Å²) in [4.78, 5) is 24.3. The molecule has 154 valence electrons. The number of ether oxygens (including phenoxy) is 1. The van der Waals surface area contributed by atoms with Gasteiger partial charge in [0.2, 0.25) is 0 Å². The van der Waals surface area contributed by atoms with Gasteiger partial charge < -0.3 is 15.4 Å². The fourth-order valence-corrected chi connectivity index (χ4v) is 2.88. The molecular weight excluding hydrogens is 386 g/mol. The molecule has 29 heavy (non-hydrogen) atoms. The van der Waals surface area contributed by atoms with Gasteiger partial charge in [-0.3, -0.25) is 14.9 Å². The van der Waals surface area contributed by atoms with Crippen molar-refractivity contribution in [1.82, 2.24) is 10.6 Å². The molecule has 2 rings (SSSR count). The summed E-state index contributed by atoms with van der Waals surface area (Å²) in [6.07, 6.45) is 4.58. The molecule has 0 aliphatic carbocycles. The van der Waals surface area contributed by atoms with E-state index in [9.17, 15) is 9.59 Å². The molecule has 0 fully saturated rings. The molecule has 2 aromatic rings. The maximum Gasteiger partial charge on any atom is 0.257 e. The molecule has 2 aromatic carbocycles. The Hall–Kier alpha value is -2.93. The molecule has 0 bridgehead atoms. The first-order chi connectivity index (χ1) is 14.0. The first-order valence-corrected chi connectivity index (χ1v) is 10.1. The second-order valence-corrected chi connectivity index (χ2v) is 6.87. The highest BCUT2D eigenvalue weighted by molar-refractivity contribution is 7.80. The van der Waals surface area contributed by atoms with Crippen LogP contribution in [0.3, 0.4) is 0 Å². The largest absolute Gasteiger partial charge is 0.494 e. The van der Waals surface area contributed by atoms with Crippen LogP contribution in [0.25, 0.3) is 0 Å². The molecule has 7 heteroatoms. The Labute approximate surface area is 177 Å². The summed E-state index contributed by atoms with van der Waals surface area (Å²) in [7, 11) is 1.55. The lowest BCUT2D eigenvalue weighted by Crippen LogP contribution is -2.34. The van der Waals surface area contributed by atoms with Crippen LogP contribution in [0.1, 0.15) is 53.3 Å². The lowest BCUT2D eigenvalue weighted by atomic mass is 10.1. The number of nitrogens with one attached hydrogen (secondary N) is 3. The lowest BCUT2D eigenvalue weighted by molar-refractivity contribution is 0.0961. The van der Waals surface area contributed by atoms with E-state index < -0.39 is 0 Å². The number of hydrogen-bond donors (Lipinski definition) is 3. The molecule has 0 spiro atoms. The van der Waals surface area contributed by atoms with E-state index in [4.69, 9.17) is 17.0 Å². The summed E-state index contributed by atoms with van der Waals surface area (Å²) in [6, 6.07) is 13.8. The molecular formula is C22H27N3O3S. The van der Waals surface area contributed by atoms with Crippen molar-refractivity contribution >= 4 is 34.8 Å². The highest BCUT2D eigenvalue weighted by Crippen LogP contribution is 2.15. The van der Waals surface area contributed by atoms with Crippen LogP contribution < -0.4 is 20.7 Å². The SMILES string of the molecule is CCCCCCOc1ccc(C(=O)NC(=S)Nc2ccccc2C(=O)NC)cc1. The summed E-state index contributed by atoms with van der Waals surface area (Å²) in [6.45, 7) is 2.84. The number of thiocarbonyl (C=S) groups is 1. The number of amides is 2. The number of hydrogen-bond acceptors (Lipinski definition) is 4. The van der Waals surface area contributed by atoms with E-state index in [1.807, 2.05) is 0 Å². The summed E-state index contributed by atoms with van der Waals surface area (Å²) in [5.41, 5.74) is 1.42. The lowest BCUT2D eigenvalue weighted by Gasteiger charge is -2.13. The average Bonchev–Trinajstić information content (AvgIpc) is 2.73. The Balaban J connectivity index is 1.88. The standard InChI is InChI=1S/C22H27N3O3S/c1-3-4-5-8-15-28-17-13-11-16(12-14-17)20(26)25-22(29)24-19-10-7-6-9-18(19)21(27)23-2/h6-7,9-14H,3-5,8,15H2,1-2H3,(H,23,27)(H2,24,25,26,29). The number of benzene rings is 2. The zero-order chi connectivity index (χ0) is 21.1. The van der Waals surface area contributed by atoms with E-state index in [-0.39, 0.29) is 16.9 Å². The topological polar surface area (TPSA) is 79.5 Å². The van der Waals surface area contributed by atoms with Crippen molar-refractivity contribution in [2.45, 2.75) is 32.6 Å². The van der Waals surface area contributed by atoms with Crippen molar-refractivity contribution in [3.8, 4) is 5.75 Å². The minimum absolute atomic E-state index is 0.114. The van der Waals surface area contributed by atoms with Gasteiger partial charge in [0.15, 0.2) is 5.11 Å². The number of carbonyl (C=O) groups excluding carboxylic acids is 2. The van der Waals surface area contributed by atoms with Crippen LogP contribution in [-0.2, 0) is 0 Å². The van der Waals surface area contributed by atoms with Crippen LogP contribution in [0.4, 0.5) is 5.69 Å². The fraction of sp³-hybridized carbons (Fsp3) is 0.318. The van der Waals surface area contributed by atoms with Crippen LogP contribution >= 0.6 is 12.2 Å². The van der Waals surface area contributed by atoms with Gasteiger partial charge in [0.1, 0.15) is 5.75 Å². The third kappa shape index (κ3) is 7.19. The van der Waals surface area contributed by atoms with E-state index in [1.54, 1.807) is 55.6 Å². The average molecular weight is 414 g/mol. The van der Waals surface area contributed by atoms with E-state index in [2.05, 4.69) is 22.9 Å². The van der Waals surface area contributed by atoms with Crippen molar-refractivity contribution in [3.63, 3.8) is 0 Å². The van der Waals surface area contributed by atoms with Gasteiger partial charge in [0, 0.05) is 12.6 Å². The number of para-hydroxylation sites is 1. The first kappa shape index (κ1) is 22.4. The maximum absolute atomic E-state index is 12.4. The van der Waals surface area contributed by atoms with Crippen molar-refractivity contribution in [1.29, 1.82) is 0 Å². The Morgan fingerprint density at radius 1 is 0.966 bits per heavy atom. The minimum atomic E-state index is -0.339. The third-order valence-electron chi connectivity index (χ3n) is 4.26. The predicted molar refractivity (Wildman–Crippen MR) is 120 cm³/mol. The summed E-state index contributed by atoms with van der Waals surface area (Å²) < 4.78 is 5.69. The molecule has 0 aromatic heterocycles. The monoisotopic (exact) mass is 413 g/mol. The smallest absolute Gasteiger partial charge is 0.257 e. The Morgan fingerprint density at radius 3 is 2.38 bits per heavy atom. The Bertz CT molecular complexity index is 837. The summed E-state index contributed by atoms with van der Waals surface area (Å²) in [5.74, 6) is 0.153. The van der Waals surface area contributed by atoms with Crippen LogP contribution in [0.5, 0.6) is 5.75 Å². The van der Waals surface area contributed by atoms with Gasteiger partial charge >= 0.3 is 0 Å². The first-order valence-electron chi connectivity index (χ1n) is 9.71. The molecule has 6 nitrogen and oxygen atoms in total. The molecule has 2 amide bonds. The maximum atomic E-state index is 12.4. The van der Waals surface area contributed by atoms with E-state index in [1.165, 1.54) is 12.8 Å². The van der Waals surface area contributed by atoms with E-state index >= 15 is 0 Å². The van der Waals surface area contributed by atoms with Crippen LogP contribution in [-0.4, -0.2) is 30.6 Å². The van der Waals surface area contributed by atoms with Crippen molar-refractivity contribution < 1.29 is 14.3 Å². The fourth-order valence-electron chi connectivity index (χ4n) is 2.68. The van der Waals surface area contributed by atoms with Gasteiger partial charge in [-0.1, -0.05) is 38.3 Å². The van der Waals surface area contributed by atoms with Gasteiger partial charge in [-0.15, -0.1) is 0 Å². The molecule has 0 radical (unpaired) electrons. The van der Waals surface area contributed by atoms with E-state index in [0.717, 1.165) is 18.6 Å². The second kappa shape index (κ2) is 11.8. The van der Waals surface area contributed by atoms with Crippen molar-refractivity contribution in [2.75, 3.05) is 19.0 Å². The molecule has 0 unspecified atom stereocenters. The molecule has 0 saturated carbocycles. The van der Waals surface area contributed by atoms with Crippen LogP contribution in [0.2, 0.25) is 0 Å². The Morgan fingerprint density at radius 2 is 1.69 bits per heavy atom. The van der Waals surface area contributed by atoms with E-state index in [0.29, 0.717) is 23.4 Å².